The minimum Gasteiger partial charge on any atom is -0.381 e. The third-order valence-corrected chi connectivity index (χ3v) is 7.57. The molecule has 2 N–H and O–H groups in total. The van der Waals surface area contributed by atoms with Gasteiger partial charge in [-0.3, -0.25) is 14.3 Å². The summed E-state index contributed by atoms with van der Waals surface area (Å²) in [5, 5.41) is 12.4. The van der Waals surface area contributed by atoms with E-state index in [9.17, 15) is 9.59 Å². The van der Waals surface area contributed by atoms with Crippen molar-refractivity contribution in [2.24, 2.45) is 5.41 Å². The summed E-state index contributed by atoms with van der Waals surface area (Å²) >= 11 is 0. The molecule has 3 saturated heterocycles. The number of nitrogens with zero attached hydrogens (tertiary/aromatic N) is 6. The first-order valence-corrected chi connectivity index (χ1v) is 12.0. The molecule has 3 aromatic rings. The van der Waals surface area contributed by atoms with Gasteiger partial charge >= 0.3 is 0 Å². The number of aromatic amines is 1. The predicted octanol–water partition coefficient (Wildman–Crippen LogP) is 0.682. The highest BCUT2D eigenvalue weighted by Crippen LogP contribution is 2.45. The normalized spacial score (nSPS) is 22.9. The summed E-state index contributed by atoms with van der Waals surface area (Å²) < 4.78 is 13.0. The van der Waals surface area contributed by atoms with Crippen LogP contribution in [0.25, 0.3) is 0 Å². The summed E-state index contributed by atoms with van der Waals surface area (Å²) in [6.45, 7) is 6.11. The second-order valence-electron chi connectivity index (χ2n) is 9.77. The number of rotatable bonds is 5. The van der Waals surface area contributed by atoms with E-state index in [-0.39, 0.29) is 34.5 Å². The lowest BCUT2D eigenvalue weighted by atomic mass is 9.73. The lowest BCUT2D eigenvalue weighted by Gasteiger charge is -2.42. The number of likely N-dealkylation sites (tertiary alicyclic amines) is 1. The van der Waals surface area contributed by atoms with Crippen molar-refractivity contribution >= 4 is 5.91 Å². The summed E-state index contributed by atoms with van der Waals surface area (Å²) in [4.78, 5) is 37.4. The van der Waals surface area contributed by atoms with Crippen LogP contribution in [0.4, 0.5) is 0 Å². The monoisotopic (exact) mass is 480 g/mol. The maximum Gasteiger partial charge on any atom is 0.274 e. The van der Waals surface area contributed by atoms with E-state index in [4.69, 9.17) is 19.3 Å². The van der Waals surface area contributed by atoms with Crippen LogP contribution in [-0.2, 0) is 4.74 Å². The van der Waals surface area contributed by atoms with Crippen LogP contribution in [0, 0.1) is 5.41 Å². The van der Waals surface area contributed by atoms with E-state index in [2.05, 4.69) is 26.5 Å². The van der Waals surface area contributed by atoms with Gasteiger partial charge in [-0.25, -0.2) is 4.98 Å². The molecule has 6 heterocycles. The van der Waals surface area contributed by atoms with E-state index in [1.807, 2.05) is 17.8 Å². The molecule has 3 aliphatic heterocycles. The molecule has 2 unspecified atom stereocenters. The number of nitrogens with one attached hydrogen (secondary N) is 2. The molecule has 184 valence electrons. The first-order chi connectivity index (χ1) is 17.0. The molecule has 1 spiro atoms. The topological polar surface area (TPSA) is 144 Å². The molecule has 0 bridgehead atoms. The molecular weight excluding hydrogens is 452 g/mol. The van der Waals surface area contributed by atoms with Crippen LogP contribution >= 0.6 is 0 Å². The number of amides is 1. The Morgan fingerprint density at radius 2 is 2.11 bits per heavy atom. The minimum absolute atomic E-state index is 0.0596. The first kappa shape index (κ1) is 22.1. The average Bonchev–Trinajstić information content (AvgIpc) is 3.62. The fraction of sp³-hybridized carbons (Fsp3) is 0.565. The quantitative estimate of drug-likeness (QED) is 0.539. The third kappa shape index (κ3) is 3.96. The molecule has 12 heteroatoms. The van der Waals surface area contributed by atoms with Gasteiger partial charge in [0.25, 0.3) is 17.4 Å². The standard InChI is InChI=1S/C23H28N8O4/c1-14(31-5-2-17(28-31)15-3-6-34-7-4-15)21-27-20(29-35-21)16-10-30(13-23(16)11-24-12-23)22(33)18-8-26-19(32)9-25-18/h2,5,8-9,14-16,24H,3-4,6-7,10-13H2,1H3,(H,26,32). The van der Waals surface area contributed by atoms with Crippen molar-refractivity contribution in [1.29, 1.82) is 0 Å². The lowest BCUT2D eigenvalue weighted by Crippen LogP contribution is -2.57. The Hall–Kier alpha value is -3.38. The molecule has 3 aliphatic rings. The van der Waals surface area contributed by atoms with Crippen LogP contribution < -0.4 is 10.9 Å². The van der Waals surface area contributed by atoms with Crippen molar-refractivity contribution in [2.75, 3.05) is 39.4 Å². The highest BCUT2D eigenvalue weighted by Gasteiger charge is 2.54. The molecule has 1 amide bonds. The van der Waals surface area contributed by atoms with Gasteiger partial charge in [-0.15, -0.1) is 0 Å². The highest BCUT2D eigenvalue weighted by molar-refractivity contribution is 5.92. The Morgan fingerprint density at radius 1 is 1.29 bits per heavy atom. The van der Waals surface area contributed by atoms with Crippen molar-refractivity contribution in [3.05, 3.63) is 58.1 Å². The average molecular weight is 481 g/mol. The Morgan fingerprint density at radius 3 is 2.83 bits per heavy atom. The number of aromatic nitrogens is 6. The minimum atomic E-state index is -0.342. The van der Waals surface area contributed by atoms with Gasteiger partial charge < -0.3 is 24.5 Å². The Balaban J connectivity index is 1.19. The molecule has 12 nitrogen and oxygen atoms in total. The molecule has 0 saturated carbocycles. The van der Waals surface area contributed by atoms with Crippen molar-refractivity contribution in [2.45, 2.75) is 37.6 Å². The van der Waals surface area contributed by atoms with Gasteiger partial charge in [0.05, 0.1) is 11.9 Å². The molecule has 0 aliphatic carbocycles. The van der Waals surface area contributed by atoms with Gasteiger partial charge in [0, 0.05) is 69.0 Å². The predicted molar refractivity (Wildman–Crippen MR) is 122 cm³/mol. The summed E-state index contributed by atoms with van der Waals surface area (Å²) in [7, 11) is 0. The SMILES string of the molecule is CC(c1nc(C2CN(C(=O)c3c[nH]c(=O)cn3)CC23CNC3)no1)n1ccc(C2CCOCC2)n1. The fourth-order valence-electron chi connectivity index (χ4n) is 5.36. The van der Waals surface area contributed by atoms with E-state index in [0.717, 1.165) is 51.0 Å². The zero-order valence-electron chi connectivity index (χ0n) is 19.5. The first-order valence-electron chi connectivity index (χ1n) is 12.0. The number of hydrogen-bond donors (Lipinski definition) is 2. The van der Waals surface area contributed by atoms with Gasteiger partial charge in [-0.05, 0) is 25.8 Å². The van der Waals surface area contributed by atoms with Gasteiger partial charge in [0.1, 0.15) is 11.7 Å². The van der Waals surface area contributed by atoms with Crippen molar-refractivity contribution in [3.63, 3.8) is 0 Å². The molecule has 3 aromatic heterocycles. The molecule has 3 fully saturated rings. The van der Waals surface area contributed by atoms with E-state index in [1.165, 1.54) is 6.20 Å². The smallest absolute Gasteiger partial charge is 0.274 e. The summed E-state index contributed by atoms with van der Waals surface area (Å²) in [6, 6.07) is 1.86. The Labute approximate surface area is 201 Å². The molecule has 6 rings (SSSR count). The summed E-state index contributed by atoms with van der Waals surface area (Å²) in [5.74, 6) is 1.24. The second kappa shape index (κ2) is 8.68. The second-order valence-corrected chi connectivity index (χ2v) is 9.77. The zero-order valence-corrected chi connectivity index (χ0v) is 19.5. The molecule has 2 atom stereocenters. The van der Waals surface area contributed by atoms with E-state index in [0.29, 0.717) is 30.7 Å². The summed E-state index contributed by atoms with van der Waals surface area (Å²) in [5.41, 5.74) is 0.796. The van der Waals surface area contributed by atoms with Gasteiger partial charge in [-0.2, -0.15) is 10.1 Å². The Kier molecular flexibility index (Phi) is 5.49. The van der Waals surface area contributed by atoms with E-state index >= 15 is 0 Å². The van der Waals surface area contributed by atoms with Crippen LogP contribution in [0.1, 0.15) is 65.5 Å². The van der Waals surface area contributed by atoms with Crippen LogP contribution in [0.15, 0.2) is 34.0 Å². The number of carbonyl (C=O) groups is 1. The maximum absolute atomic E-state index is 13.0. The molecular formula is C23H28N8O4. The molecule has 35 heavy (non-hydrogen) atoms. The van der Waals surface area contributed by atoms with Gasteiger partial charge in [-0.1, -0.05) is 5.16 Å². The van der Waals surface area contributed by atoms with Gasteiger partial charge in [0.2, 0.25) is 0 Å². The fourth-order valence-corrected chi connectivity index (χ4v) is 5.36. The van der Waals surface area contributed by atoms with Crippen LogP contribution in [0.3, 0.4) is 0 Å². The van der Waals surface area contributed by atoms with E-state index in [1.54, 1.807) is 4.90 Å². The number of carbonyl (C=O) groups excluding carboxylic acids is 1. The molecule has 0 radical (unpaired) electrons. The maximum atomic E-state index is 13.0. The van der Waals surface area contributed by atoms with Crippen LogP contribution in [0.5, 0.6) is 0 Å². The molecule has 0 aromatic carbocycles. The van der Waals surface area contributed by atoms with Crippen molar-refractivity contribution in [3.8, 4) is 0 Å². The largest absolute Gasteiger partial charge is 0.381 e. The lowest BCUT2D eigenvalue weighted by molar-refractivity contribution is 0.0743. The third-order valence-electron chi connectivity index (χ3n) is 7.57. The number of ether oxygens (including phenoxy) is 1. The van der Waals surface area contributed by atoms with Crippen molar-refractivity contribution in [1.82, 2.24) is 40.1 Å². The van der Waals surface area contributed by atoms with Crippen LogP contribution in [-0.4, -0.2) is 80.1 Å². The van der Waals surface area contributed by atoms with E-state index < -0.39 is 0 Å². The Bertz CT molecular complexity index is 1250. The van der Waals surface area contributed by atoms with Gasteiger partial charge in [0.15, 0.2) is 5.82 Å². The summed E-state index contributed by atoms with van der Waals surface area (Å²) in [6.07, 6.45) is 6.41. The van der Waals surface area contributed by atoms with Crippen molar-refractivity contribution < 1.29 is 14.1 Å². The van der Waals surface area contributed by atoms with Crippen LogP contribution in [0.2, 0.25) is 0 Å². The highest BCUT2D eigenvalue weighted by atomic mass is 16.5. The number of H-pyrrole nitrogens is 1. The number of hydrogen-bond acceptors (Lipinski definition) is 9. The zero-order chi connectivity index (χ0) is 24.0.